The van der Waals surface area contributed by atoms with Gasteiger partial charge in [0.1, 0.15) is 17.8 Å². The van der Waals surface area contributed by atoms with Crippen molar-refractivity contribution in [1.82, 2.24) is 19.7 Å². The Morgan fingerprint density at radius 1 is 1.13 bits per heavy atom. The highest BCUT2D eigenvalue weighted by atomic mass is 35.5. The standard InChI is InChI=1S/C22H18Cl2N4O3/c1-28-21-16(11-25-28)22(29)27-20(26-21)8-4-13-3-7-18(19(9-13)30-2)31-12-14-5-6-15(23)10-17(14)24/h3-11H,12H2,1-2H3,(H,26,27,29)/b8-4+. The molecule has 2 heterocycles. The van der Waals surface area contributed by atoms with Gasteiger partial charge in [-0.05, 0) is 35.9 Å². The van der Waals surface area contributed by atoms with Gasteiger partial charge < -0.3 is 14.5 Å². The van der Waals surface area contributed by atoms with Gasteiger partial charge in [0.05, 0.1) is 13.3 Å². The third kappa shape index (κ3) is 4.57. The fourth-order valence-electron chi connectivity index (χ4n) is 3.00. The van der Waals surface area contributed by atoms with Crippen LogP contribution in [-0.4, -0.2) is 26.9 Å². The lowest BCUT2D eigenvalue weighted by molar-refractivity contribution is 0.284. The van der Waals surface area contributed by atoms with E-state index < -0.39 is 0 Å². The van der Waals surface area contributed by atoms with Crippen molar-refractivity contribution < 1.29 is 9.47 Å². The van der Waals surface area contributed by atoms with Crippen LogP contribution >= 0.6 is 23.2 Å². The van der Waals surface area contributed by atoms with Gasteiger partial charge in [-0.3, -0.25) is 9.48 Å². The Bertz CT molecular complexity index is 1340. The number of hydrogen-bond donors (Lipinski definition) is 1. The van der Waals surface area contributed by atoms with Crippen LogP contribution in [-0.2, 0) is 13.7 Å². The van der Waals surface area contributed by atoms with E-state index in [1.165, 1.54) is 6.20 Å². The first-order chi connectivity index (χ1) is 14.9. The van der Waals surface area contributed by atoms with E-state index in [9.17, 15) is 4.79 Å². The molecular formula is C22H18Cl2N4O3. The van der Waals surface area contributed by atoms with E-state index in [0.29, 0.717) is 38.4 Å². The van der Waals surface area contributed by atoms with Crippen molar-refractivity contribution in [2.75, 3.05) is 7.11 Å². The fourth-order valence-corrected chi connectivity index (χ4v) is 3.47. The topological polar surface area (TPSA) is 82.0 Å². The van der Waals surface area contributed by atoms with Crippen LogP contribution in [0.15, 0.2) is 47.4 Å². The average molecular weight is 457 g/mol. The molecule has 0 radical (unpaired) electrons. The van der Waals surface area contributed by atoms with Crippen molar-refractivity contribution in [3.8, 4) is 11.5 Å². The van der Waals surface area contributed by atoms with Gasteiger partial charge in [0.25, 0.3) is 5.56 Å². The van der Waals surface area contributed by atoms with Gasteiger partial charge >= 0.3 is 0 Å². The second-order valence-electron chi connectivity index (χ2n) is 6.72. The maximum atomic E-state index is 12.2. The lowest BCUT2D eigenvalue weighted by Crippen LogP contribution is -2.09. The van der Waals surface area contributed by atoms with E-state index in [4.69, 9.17) is 32.7 Å². The van der Waals surface area contributed by atoms with Crippen LogP contribution < -0.4 is 15.0 Å². The predicted molar refractivity (Wildman–Crippen MR) is 122 cm³/mol. The number of H-pyrrole nitrogens is 1. The van der Waals surface area contributed by atoms with Crippen molar-refractivity contribution in [3.63, 3.8) is 0 Å². The maximum Gasteiger partial charge on any atom is 0.262 e. The summed E-state index contributed by atoms with van der Waals surface area (Å²) in [6, 6.07) is 10.8. The second-order valence-corrected chi connectivity index (χ2v) is 7.57. The van der Waals surface area contributed by atoms with E-state index >= 15 is 0 Å². The Labute approximate surface area is 187 Å². The fraction of sp³-hybridized carbons (Fsp3) is 0.136. The number of nitrogens with zero attached hydrogens (tertiary/aromatic N) is 3. The molecule has 158 valence electrons. The van der Waals surface area contributed by atoms with E-state index in [1.807, 2.05) is 30.3 Å². The monoisotopic (exact) mass is 456 g/mol. The van der Waals surface area contributed by atoms with Gasteiger partial charge in [-0.15, -0.1) is 0 Å². The minimum absolute atomic E-state index is 0.236. The lowest BCUT2D eigenvalue weighted by atomic mass is 10.2. The molecule has 0 amide bonds. The number of nitrogens with one attached hydrogen (secondary N) is 1. The first-order valence-corrected chi connectivity index (χ1v) is 10.0. The van der Waals surface area contributed by atoms with Crippen molar-refractivity contribution in [2.24, 2.45) is 7.05 Å². The molecule has 0 saturated heterocycles. The normalized spacial score (nSPS) is 11.4. The lowest BCUT2D eigenvalue weighted by Gasteiger charge is -2.12. The SMILES string of the molecule is COc1cc(/C=C/c2nc3c(cnn3C)c(=O)[nH]2)ccc1OCc1ccc(Cl)cc1Cl. The third-order valence-electron chi connectivity index (χ3n) is 4.64. The zero-order chi connectivity index (χ0) is 22.0. The van der Waals surface area contributed by atoms with Crippen LogP contribution in [0.2, 0.25) is 10.0 Å². The Balaban J connectivity index is 1.54. The number of aromatic nitrogens is 4. The van der Waals surface area contributed by atoms with Gasteiger partial charge in [-0.25, -0.2) is 4.98 Å². The molecule has 0 aliphatic rings. The molecule has 0 unspecified atom stereocenters. The minimum atomic E-state index is -0.236. The smallest absolute Gasteiger partial charge is 0.262 e. The van der Waals surface area contributed by atoms with E-state index in [0.717, 1.165) is 11.1 Å². The highest BCUT2D eigenvalue weighted by Gasteiger charge is 2.09. The van der Waals surface area contributed by atoms with Crippen molar-refractivity contribution in [2.45, 2.75) is 6.61 Å². The summed E-state index contributed by atoms with van der Waals surface area (Å²) in [7, 11) is 3.31. The van der Waals surface area contributed by atoms with Crippen molar-refractivity contribution in [3.05, 3.63) is 79.9 Å². The van der Waals surface area contributed by atoms with Gasteiger partial charge in [-0.1, -0.05) is 41.4 Å². The number of hydrogen-bond acceptors (Lipinski definition) is 5. The molecule has 0 aliphatic carbocycles. The Morgan fingerprint density at radius 2 is 1.97 bits per heavy atom. The van der Waals surface area contributed by atoms with Crippen LogP contribution in [0.4, 0.5) is 0 Å². The zero-order valence-electron chi connectivity index (χ0n) is 16.7. The molecule has 9 heteroatoms. The van der Waals surface area contributed by atoms with Crippen LogP contribution in [0.1, 0.15) is 17.0 Å². The predicted octanol–water partition coefficient (Wildman–Crippen LogP) is 4.72. The summed E-state index contributed by atoms with van der Waals surface area (Å²) >= 11 is 12.1. The summed E-state index contributed by atoms with van der Waals surface area (Å²) < 4.78 is 12.9. The van der Waals surface area contributed by atoms with Crippen molar-refractivity contribution in [1.29, 1.82) is 0 Å². The molecule has 0 spiro atoms. The van der Waals surface area contributed by atoms with Crippen LogP contribution in [0, 0.1) is 0 Å². The molecule has 7 nitrogen and oxygen atoms in total. The summed E-state index contributed by atoms with van der Waals surface area (Å²) in [5.41, 5.74) is 1.95. The van der Waals surface area contributed by atoms with E-state index in [1.54, 1.807) is 37.0 Å². The molecule has 0 bridgehead atoms. The summed E-state index contributed by atoms with van der Waals surface area (Å²) in [6.07, 6.45) is 5.04. The van der Waals surface area contributed by atoms with Crippen LogP contribution in [0.3, 0.4) is 0 Å². The number of aromatic amines is 1. The second kappa shape index (κ2) is 8.83. The summed E-state index contributed by atoms with van der Waals surface area (Å²) in [5, 5.41) is 5.62. The quantitative estimate of drug-likeness (QED) is 0.453. The first-order valence-electron chi connectivity index (χ1n) is 9.29. The van der Waals surface area contributed by atoms with E-state index in [-0.39, 0.29) is 12.2 Å². The van der Waals surface area contributed by atoms with Crippen molar-refractivity contribution >= 4 is 46.4 Å². The molecule has 2 aromatic heterocycles. The number of methoxy groups -OCH3 is 1. The molecule has 0 aliphatic heterocycles. The third-order valence-corrected chi connectivity index (χ3v) is 5.23. The summed E-state index contributed by atoms with van der Waals surface area (Å²) in [4.78, 5) is 19.3. The van der Waals surface area contributed by atoms with Crippen LogP contribution in [0.5, 0.6) is 11.5 Å². The molecule has 0 fully saturated rings. The Hall–Kier alpha value is -3.29. The first kappa shape index (κ1) is 21.0. The zero-order valence-corrected chi connectivity index (χ0v) is 18.2. The molecule has 1 N–H and O–H groups in total. The number of benzene rings is 2. The number of halogens is 2. The van der Waals surface area contributed by atoms with E-state index in [2.05, 4.69) is 15.1 Å². The Morgan fingerprint density at radius 3 is 2.74 bits per heavy atom. The summed E-state index contributed by atoms with van der Waals surface area (Å²) in [6.45, 7) is 0.275. The molecule has 31 heavy (non-hydrogen) atoms. The highest BCUT2D eigenvalue weighted by molar-refractivity contribution is 6.35. The number of rotatable bonds is 6. The molecule has 4 rings (SSSR count). The summed E-state index contributed by atoms with van der Waals surface area (Å²) in [5.74, 6) is 1.57. The maximum absolute atomic E-state index is 12.2. The molecule has 0 atom stereocenters. The van der Waals surface area contributed by atoms with Gasteiger partial charge in [0.2, 0.25) is 0 Å². The molecule has 0 saturated carbocycles. The van der Waals surface area contributed by atoms with Gasteiger partial charge in [0.15, 0.2) is 17.1 Å². The van der Waals surface area contributed by atoms with Gasteiger partial charge in [0, 0.05) is 22.7 Å². The molecular weight excluding hydrogens is 439 g/mol. The number of ether oxygens (including phenoxy) is 2. The Kier molecular flexibility index (Phi) is 5.97. The number of fused-ring (bicyclic) bond motifs is 1. The average Bonchev–Trinajstić information content (AvgIpc) is 3.13. The molecule has 2 aromatic carbocycles. The molecule has 4 aromatic rings. The number of aryl methyl sites for hydroxylation is 1. The largest absolute Gasteiger partial charge is 0.493 e. The van der Waals surface area contributed by atoms with Crippen LogP contribution in [0.25, 0.3) is 23.2 Å². The minimum Gasteiger partial charge on any atom is -0.493 e. The highest BCUT2D eigenvalue weighted by Crippen LogP contribution is 2.30. The van der Waals surface area contributed by atoms with Gasteiger partial charge in [-0.2, -0.15) is 5.10 Å².